The summed E-state index contributed by atoms with van der Waals surface area (Å²) in [5.74, 6) is 0. The Hall–Kier alpha value is -4.46. The molecule has 0 atom stereocenters. The van der Waals surface area contributed by atoms with Gasteiger partial charge < -0.3 is 0 Å². The van der Waals surface area contributed by atoms with Crippen LogP contribution >= 0.6 is 11.6 Å². The summed E-state index contributed by atoms with van der Waals surface area (Å²) >= 11 is 6.19. The maximum Gasteiger partial charge on any atom is 0.0786 e. The van der Waals surface area contributed by atoms with Crippen molar-refractivity contribution in [1.82, 2.24) is 4.98 Å². The average Bonchev–Trinajstić information content (AvgIpc) is 2.96. The molecule has 37 heavy (non-hydrogen) atoms. The topological polar surface area (TPSA) is 12.9 Å². The predicted molar refractivity (Wildman–Crippen MR) is 160 cm³/mol. The highest BCUT2D eigenvalue weighted by Crippen LogP contribution is 2.45. The van der Waals surface area contributed by atoms with Gasteiger partial charge in [-0.25, -0.2) is 0 Å². The van der Waals surface area contributed by atoms with Crippen LogP contribution in [0, 0.1) is 0 Å². The van der Waals surface area contributed by atoms with Gasteiger partial charge in [0.25, 0.3) is 0 Å². The first-order chi connectivity index (χ1) is 18.3. The number of benzene rings is 7. The Bertz CT molecular complexity index is 2190. The number of pyridine rings is 1. The second-order valence-corrected chi connectivity index (χ2v) is 10.1. The Balaban J connectivity index is 1.66. The van der Waals surface area contributed by atoms with Crippen molar-refractivity contribution in [2.75, 3.05) is 0 Å². The first-order valence-corrected chi connectivity index (χ1v) is 12.9. The Labute approximate surface area is 218 Å². The van der Waals surface area contributed by atoms with Gasteiger partial charge in [0, 0.05) is 38.3 Å². The minimum atomic E-state index is 0.735. The number of rotatable bonds is 1. The van der Waals surface area contributed by atoms with Gasteiger partial charge in [0.15, 0.2) is 0 Å². The van der Waals surface area contributed by atoms with E-state index in [4.69, 9.17) is 16.6 Å². The lowest BCUT2D eigenvalue weighted by atomic mass is 9.86. The smallest absolute Gasteiger partial charge is 0.0786 e. The van der Waals surface area contributed by atoms with E-state index in [9.17, 15) is 0 Å². The number of hydrogen-bond acceptors (Lipinski definition) is 1. The van der Waals surface area contributed by atoms with Crippen molar-refractivity contribution in [1.29, 1.82) is 0 Å². The quantitative estimate of drug-likeness (QED) is 0.209. The first kappa shape index (κ1) is 20.7. The number of para-hydroxylation sites is 1. The van der Waals surface area contributed by atoms with Gasteiger partial charge in [-0.05, 0) is 55.4 Å². The van der Waals surface area contributed by atoms with Crippen molar-refractivity contribution >= 4 is 76.4 Å². The first-order valence-electron chi connectivity index (χ1n) is 12.5. The maximum absolute atomic E-state index is 6.19. The van der Waals surface area contributed by atoms with E-state index in [-0.39, 0.29) is 0 Å². The molecule has 0 radical (unpaired) electrons. The minimum absolute atomic E-state index is 0.735. The number of halogens is 1. The molecule has 8 aromatic rings. The van der Waals surface area contributed by atoms with Crippen molar-refractivity contribution < 1.29 is 0 Å². The van der Waals surface area contributed by atoms with E-state index in [0.29, 0.717) is 0 Å². The van der Waals surface area contributed by atoms with Crippen molar-refractivity contribution in [2.24, 2.45) is 0 Å². The summed E-state index contributed by atoms with van der Waals surface area (Å²) in [7, 11) is 0. The second-order valence-electron chi connectivity index (χ2n) is 9.64. The number of nitrogens with zero attached hydrogens (tertiary/aromatic N) is 1. The van der Waals surface area contributed by atoms with E-state index < -0.39 is 0 Å². The van der Waals surface area contributed by atoms with Gasteiger partial charge in [0.05, 0.1) is 5.52 Å². The van der Waals surface area contributed by atoms with Crippen LogP contribution in [0.3, 0.4) is 0 Å². The SMILES string of the molecule is Clc1ccc(-c2cccc3c2ncc2c3c3ccccc3c3c4ccccc4c4ccccc4c23)cc1. The van der Waals surface area contributed by atoms with E-state index >= 15 is 0 Å². The minimum Gasteiger partial charge on any atom is -0.255 e. The van der Waals surface area contributed by atoms with Crippen LogP contribution in [0.5, 0.6) is 0 Å². The second kappa shape index (κ2) is 7.77. The zero-order chi connectivity index (χ0) is 24.5. The zero-order valence-electron chi connectivity index (χ0n) is 19.9. The summed E-state index contributed by atoms with van der Waals surface area (Å²) in [6.07, 6.45) is 2.09. The third-order valence-corrected chi connectivity index (χ3v) is 7.97. The monoisotopic (exact) mass is 489 g/mol. The highest BCUT2D eigenvalue weighted by molar-refractivity contribution is 6.41. The molecule has 172 valence electrons. The maximum atomic E-state index is 6.19. The number of fused-ring (bicyclic) bond motifs is 13. The molecule has 2 heteroatoms. The summed E-state index contributed by atoms with van der Waals surface area (Å²) in [5, 5.41) is 14.6. The highest BCUT2D eigenvalue weighted by Gasteiger charge is 2.18. The summed E-state index contributed by atoms with van der Waals surface area (Å²) < 4.78 is 0. The fourth-order valence-corrected chi connectivity index (χ4v) is 6.31. The van der Waals surface area contributed by atoms with Crippen LogP contribution in [-0.2, 0) is 0 Å². The molecule has 0 saturated heterocycles. The molecule has 1 heterocycles. The van der Waals surface area contributed by atoms with Crippen LogP contribution in [0.25, 0.3) is 75.9 Å². The van der Waals surface area contributed by atoms with Gasteiger partial charge in [-0.2, -0.15) is 0 Å². The van der Waals surface area contributed by atoms with E-state index in [0.717, 1.165) is 21.7 Å². The molecule has 1 aromatic heterocycles. The van der Waals surface area contributed by atoms with Crippen LogP contribution in [0.1, 0.15) is 0 Å². The standard InChI is InChI=1S/C35H20ClN/c36-22-18-16-21(17-19-22)23-14-7-15-30-32-28-12-5-6-13-29(28)33-26-10-3-1-8-24(26)25-9-2-4-11-27(25)34(33)31(32)20-37-35(23)30/h1-20H. The molecule has 0 aliphatic heterocycles. The Kier molecular flexibility index (Phi) is 4.35. The van der Waals surface area contributed by atoms with Gasteiger partial charge in [-0.1, -0.05) is 115 Å². The van der Waals surface area contributed by atoms with E-state index in [2.05, 4.69) is 109 Å². The summed E-state index contributed by atoms with van der Waals surface area (Å²) in [4.78, 5) is 5.12. The Morgan fingerprint density at radius 3 is 1.51 bits per heavy atom. The molecule has 0 fully saturated rings. The van der Waals surface area contributed by atoms with Gasteiger partial charge in [0.2, 0.25) is 0 Å². The highest BCUT2D eigenvalue weighted by atomic mass is 35.5. The van der Waals surface area contributed by atoms with Gasteiger partial charge >= 0.3 is 0 Å². The largest absolute Gasteiger partial charge is 0.255 e. The molecule has 8 rings (SSSR count). The Morgan fingerprint density at radius 2 is 0.892 bits per heavy atom. The zero-order valence-corrected chi connectivity index (χ0v) is 20.6. The molecule has 0 saturated carbocycles. The third-order valence-electron chi connectivity index (χ3n) is 7.72. The van der Waals surface area contributed by atoms with E-state index in [1.54, 1.807) is 0 Å². The lowest BCUT2D eigenvalue weighted by Crippen LogP contribution is -1.92. The third kappa shape index (κ3) is 2.89. The molecule has 0 bridgehead atoms. The van der Waals surface area contributed by atoms with Crippen molar-refractivity contribution in [3.63, 3.8) is 0 Å². The van der Waals surface area contributed by atoms with Crippen LogP contribution in [0.2, 0.25) is 5.02 Å². The molecule has 0 amide bonds. The van der Waals surface area contributed by atoms with Gasteiger partial charge in [0.1, 0.15) is 0 Å². The van der Waals surface area contributed by atoms with Crippen LogP contribution in [0.15, 0.2) is 121 Å². The van der Waals surface area contributed by atoms with Crippen LogP contribution in [-0.4, -0.2) is 4.98 Å². The summed E-state index contributed by atoms with van der Waals surface area (Å²) in [6.45, 7) is 0. The van der Waals surface area contributed by atoms with Crippen molar-refractivity contribution in [3.8, 4) is 11.1 Å². The summed E-state index contributed by atoms with van der Waals surface area (Å²) in [6, 6.07) is 40.9. The number of hydrogen-bond donors (Lipinski definition) is 0. The lowest BCUT2D eigenvalue weighted by Gasteiger charge is -2.17. The molecule has 0 aliphatic rings. The van der Waals surface area contributed by atoms with Crippen LogP contribution < -0.4 is 0 Å². The molecule has 0 aliphatic carbocycles. The van der Waals surface area contributed by atoms with E-state index in [1.165, 1.54) is 59.2 Å². The van der Waals surface area contributed by atoms with E-state index in [1.807, 2.05) is 12.1 Å². The normalized spacial score (nSPS) is 11.9. The molecular formula is C35H20ClN. The molecular weight excluding hydrogens is 470 g/mol. The average molecular weight is 490 g/mol. The van der Waals surface area contributed by atoms with Gasteiger partial charge in [-0.3, -0.25) is 4.98 Å². The number of aromatic nitrogens is 1. The fraction of sp³-hybridized carbons (Fsp3) is 0. The van der Waals surface area contributed by atoms with Crippen LogP contribution in [0.4, 0.5) is 0 Å². The molecule has 0 spiro atoms. The summed E-state index contributed by atoms with van der Waals surface area (Å²) in [5.41, 5.74) is 3.24. The molecule has 0 unspecified atom stereocenters. The Morgan fingerprint density at radius 1 is 0.405 bits per heavy atom. The molecule has 1 nitrogen and oxygen atoms in total. The van der Waals surface area contributed by atoms with Gasteiger partial charge in [-0.15, -0.1) is 0 Å². The lowest BCUT2D eigenvalue weighted by molar-refractivity contribution is 1.45. The fourth-order valence-electron chi connectivity index (χ4n) is 6.19. The van der Waals surface area contributed by atoms with Crippen molar-refractivity contribution in [2.45, 2.75) is 0 Å². The van der Waals surface area contributed by atoms with Crippen molar-refractivity contribution in [3.05, 3.63) is 126 Å². The molecule has 0 N–H and O–H groups in total. The predicted octanol–water partition coefficient (Wildman–Crippen LogP) is 10.3. The molecule has 7 aromatic carbocycles.